The molecule has 9 heavy (non-hydrogen) atoms. The molecule has 1 nitrogen and oxygen atoms in total. The minimum atomic E-state index is 0.856. The van der Waals surface area contributed by atoms with Crippen molar-refractivity contribution in [1.82, 2.24) is 0 Å². The summed E-state index contributed by atoms with van der Waals surface area (Å²) in [6.45, 7) is 4.20. The Bertz CT molecular complexity index is 127. The van der Waals surface area contributed by atoms with E-state index in [-0.39, 0.29) is 0 Å². The molecule has 0 aromatic carbocycles. The van der Waals surface area contributed by atoms with Crippen LogP contribution in [0.25, 0.3) is 0 Å². The molecule has 0 aromatic rings. The van der Waals surface area contributed by atoms with Crippen molar-refractivity contribution in [2.45, 2.75) is 20.3 Å². The van der Waals surface area contributed by atoms with Gasteiger partial charge in [-0.2, -0.15) is 0 Å². The van der Waals surface area contributed by atoms with E-state index >= 15 is 0 Å². The molecule has 0 radical (unpaired) electrons. The monoisotopic (exact) mass is 164 g/mol. The van der Waals surface area contributed by atoms with Gasteiger partial charge in [-0.3, -0.25) is 0 Å². The van der Waals surface area contributed by atoms with Crippen molar-refractivity contribution in [3.05, 3.63) is 11.6 Å². The Balaban J connectivity index is 3.79. The van der Waals surface area contributed by atoms with Crippen LogP contribution >= 0.6 is 0 Å². The predicted octanol–water partition coefficient (Wildman–Crippen LogP) is 1.67. The second-order valence-electron chi connectivity index (χ2n) is 1.87. The second-order valence-corrected chi connectivity index (χ2v) is 2.50. The third kappa shape index (κ3) is 4.60. The molecular weight excluding hydrogens is 152 g/mol. The molecule has 0 atom stereocenters. The molecule has 2 heteroatoms. The molecule has 0 bridgehead atoms. The Morgan fingerprint density at radius 2 is 2.22 bits per heavy atom. The molecule has 0 saturated heterocycles. The fourth-order valence-electron chi connectivity index (χ4n) is 0.362. The number of hydrogen-bond acceptors (Lipinski definition) is 1. The van der Waals surface area contributed by atoms with Gasteiger partial charge in [0.25, 0.3) is 0 Å². The summed E-state index contributed by atoms with van der Waals surface area (Å²) >= 11 is 2.81. The van der Waals surface area contributed by atoms with Crippen LogP contribution in [-0.2, 0) is 20.6 Å². The molecule has 0 aliphatic rings. The molecule has 0 N–H and O–H groups in total. The average molecular weight is 164 g/mol. The van der Waals surface area contributed by atoms with Gasteiger partial charge in [-0.15, -0.1) is 0 Å². The first-order valence-corrected chi connectivity index (χ1v) is 3.59. The van der Waals surface area contributed by atoms with Crippen LogP contribution in [0.5, 0.6) is 0 Å². The van der Waals surface area contributed by atoms with Crippen molar-refractivity contribution in [2.24, 2.45) is 0 Å². The Hall–Kier alpha value is 0.102. The summed E-state index contributed by atoms with van der Waals surface area (Å²) in [5.74, 6) is 0. The quantitative estimate of drug-likeness (QED) is 0.616. The van der Waals surface area contributed by atoms with Crippen LogP contribution in [0, 0.1) is 0 Å². The topological polar surface area (TPSA) is 9.23 Å². The van der Waals surface area contributed by atoms with Crippen LogP contribution in [0.4, 0.5) is 0 Å². The summed E-state index contributed by atoms with van der Waals surface area (Å²) in [6.07, 6.45) is 3.08. The van der Waals surface area contributed by atoms with Gasteiger partial charge in [0.2, 0.25) is 0 Å². The second kappa shape index (κ2) is 4.93. The minimum absolute atomic E-state index is 0.856. The fourth-order valence-corrected chi connectivity index (χ4v) is 0.676. The Morgan fingerprint density at radius 3 is 2.56 bits per heavy atom. The number of hydrogen-bond donors (Lipinski definition) is 0. The van der Waals surface area contributed by atoms with Crippen molar-refractivity contribution in [1.29, 1.82) is 0 Å². The predicted molar refractivity (Wildman–Crippen MR) is 36.1 cm³/mol. The summed E-state index contributed by atoms with van der Waals surface area (Å²) in [6, 6.07) is 0. The number of rotatable bonds is 3. The first-order chi connectivity index (χ1) is 4.20. The summed E-state index contributed by atoms with van der Waals surface area (Å²) < 4.78 is 5.76. The molecule has 0 heterocycles. The van der Waals surface area contributed by atoms with Gasteiger partial charge in [0.15, 0.2) is 0 Å². The zero-order chi connectivity index (χ0) is 7.28. The molecule has 0 amide bonds. The van der Waals surface area contributed by atoms with Crippen LogP contribution < -0.4 is 0 Å². The van der Waals surface area contributed by atoms with Gasteiger partial charge >= 0.3 is 64.2 Å². The summed E-state index contributed by atoms with van der Waals surface area (Å²) in [4.78, 5) is 0. The summed E-state index contributed by atoms with van der Waals surface area (Å²) in [7, 11) is 1.66. The Labute approximate surface area is 64.7 Å². The molecule has 52 valence electrons. The number of methoxy groups -OCH3 is 1. The normalized spacial score (nSPS) is 11.7. The first-order valence-electron chi connectivity index (χ1n) is 2.95. The maximum absolute atomic E-state index is 4.91. The molecule has 0 aromatic heterocycles. The zero-order valence-corrected chi connectivity index (χ0v) is 7.38. The number of ether oxygens (including phenoxy) is 1. The van der Waals surface area contributed by atoms with Crippen molar-refractivity contribution in [2.75, 3.05) is 7.11 Å². The van der Waals surface area contributed by atoms with Crippen molar-refractivity contribution >= 4 is 4.57 Å². The van der Waals surface area contributed by atoms with Crippen molar-refractivity contribution in [3.63, 3.8) is 0 Å². The molecule has 0 unspecified atom stereocenters. The first kappa shape index (κ1) is 9.10. The SMILES string of the molecule is CC/C(C)=C/[C](=[Cr])OC. The fraction of sp³-hybridized carbons (Fsp3) is 0.571. The van der Waals surface area contributed by atoms with Gasteiger partial charge in [0.1, 0.15) is 0 Å². The number of allylic oxidation sites excluding steroid dienone is 1. The summed E-state index contributed by atoms with van der Waals surface area (Å²) in [5, 5.41) is 0. The van der Waals surface area contributed by atoms with E-state index in [9.17, 15) is 0 Å². The van der Waals surface area contributed by atoms with Gasteiger partial charge < -0.3 is 0 Å². The molecule has 0 aliphatic carbocycles. The molecule has 0 spiro atoms. The molecule has 0 fully saturated rings. The Morgan fingerprint density at radius 1 is 1.67 bits per heavy atom. The average Bonchev–Trinajstić information content (AvgIpc) is 1.87. The van der Waals surface area contributed by atoms with Crippen molar-refractivity contribution in [3.8, 4) is 0 Å². The molecule has 0 rings (SSSR count). The maximum atomic E-state index is 4.91. The Kier molecular flexibility index (Phi) is 4.99. The molecule has 0 saturated carbocycles. The summed E-state index contributed by atoms with van der Waals surface area (Å²) in [5.41, 5.74) is 1.32. The van der Waals surface area contributed by atoms with Crippen LogP contribution in [0.15, 0.2) is 11.6 Å². The van der Waals surface area contributed by atoms with E-state index in [0.29, 0.717) is 0 Å². The van der Waals surface area contributed by atoms with Crippen LogP contribution in [0.3, 0.4) is 0 Å². The van der Waals surface area contributed by atoms with Crippen LogP contribution in [-0.4, -0.2) is 11.7 Å². The van der Waals surface area contributed by atoms with Crippen LogP contribution in [0.2, 0.25) is 0 Å². The van der Waals surface area contributed by atoms with E-state index in [1.165, 1.54) is 5.57 Å². The zero-order valence-electron chi connectivity index (χ0n) is 6.10. The molecular formula is C7H12CrO. The van der Waals surface area contributed by atoms with E-state index < -0.39 is 0 Å². The van der Waals surface area contributed by atoms with Gasteiger partial charge in [0, 0.05) is 0 Å². The van der Waals surface area contributed by atoms with Gasteiger partial charge in [0.05, 0.1) is 0 Å². The van der Waals surface area contributed by atoms with E-state index in [1.807, 2.05) is 6.08 Å². The van der Waals surface area contributed by atoms with Gasteiger partial charge in [-0.05, 0) is 0 Å². The van der Waals surface area contributed by atoms with Crippen molar-refractivity contribution < 1.29 is 20.6 Å². The van der Waals surface area contributed by atoms with Crippen LogP contribution in [0.1, 0.15) is 20.3 Å². The van der Waals surface area contributed by atoms with Gasteiger partial charge in [-0.1, -0.05) is 0 Å². The van der Waals surface area contributed by atoms with E-state index in [4.69, 9.17) is 4.74 Å². The van der Waals surface area contributed by atoms with E-state index in [1.54, 1.807) is 7.11 Å². The third-order valence-electron chi connectivity index (χ3n) is 1.12. The van der Waals surface area contributed by atoms with Gasteiger partial charge in [-0.25, -0.2) is 0 Å². The third-order valence-corrected chi connectivity index (χ3v) is 1.57. The van der Waals surface area contributed by atoms with E-state index in [2.05, 4.69) is 29.7 Å². The standard InChI is InChI=1S/C7H12O.Cr/c1-4-7(2)5-6-8-3;/h5H,4H2,1-3H3;/b7-5+;. The van der Waals surface area contributed by atoms with E-state index in [0.717, 1.165) is 11.0 Å². The molecule has 0 aliphatic heterocycles.